The van der Waals surface area contributed by atoms with Crippen LogP contribution in [0.3, 0.4) is 0 Å². The van der Waals surface area contributed by atoms with Crippen molar-refractivity contribution in [3.63, 3.8) is 0 Å². The SMILES string of the molecule is CC(N)CCC(=O)NC(CN)C1CCCCC1. The summed E-state index contributed by atoms with van der Waals surface area (Å²) in [6.45, 7) is 2.48. The summed E-state index contributed by atoms with van der Waals surface area (Å²) in [7, 11) is 0. The molecule has 17 heavy (non-hydrogen) atoms. The molecule has 1 rings (SSSR count). The second kappa shape index (κ2) is 7.67. The van der Waals surface area contributed by atoms with Gasteiger partial charge < -0.3 is 16.8 Å². The fourth-order valence-electron chi connectivity index (χ4n) is 2.54. The molecule has 1 aliphatic rings. The Hall–Kier alpha value is -0.610. The van der Waals surface area contributed by atoms with Crippen LogP contribution in [-0.4, -0.2) is 24.5 Å². The zero-order valence-corrected chi connectivity index (χ0v) is 11.0. The average Bonchev–Trinajstić information content (AvgIpc) is 2.34. The number of nitrogens with two attached hydrogens (primary N) is 2. The summed E-state index contributed by atoms with van der Waals surface area (Å²) in [5.74, 6) is 0.677. The fourth-order valence-corrected chi connectivity index (χ4v) is 2.54. The Bertz CT molecular complexity index is 225. The van der Waals surface area contributed by atoms with Crippen LogP contribution in [0.1, 0.15) is 51.9 Å². The Morgan fingerprint density at radius 2 is 2.00 bits per heavy atom. The number of nitrogens with one attached hydrogen (secondary N) is 1. The Morgan fingerprint density at radius 1 is 1.35 bits per heavy atom. The first-order chi connectivity index (χ1) is 8.13. The largest absolute Gasteiger partial charge is 0.352 e. The van der Waals surface area contributed by atoms with Gasteiger partial charge in [-0.2, -0.15) is 0 Å². The van der Waals surface area contributed by atoms with Crippen molar-refractivity contribution in [2.24, 2.45) is 17.4 Å². The molecule has 5 N–H and O–H groups in total. The number of rotatable bonds is 6. The molecule has 0 aromatic rings. The van der Waals surface area contributed by atoms with Crippen LogP contribution in [0.15, 0.2) is 0 Å². The van der Waals surface area contributed by atoms with E-state index in [4.69, 9.17) is 11.5 Å². The maximum Gasteiger partial charge on any atom is 0.220 e. The van der Waals surface area contributed by atoms with Gasteiger partial charge in [-0.15, -0.1) is 0 Å². The van der Waals surface area contributed by atoms with Gasteiger partial charge in [0.2, 0.25) is 5.91 Å². The van der Waals surface area contributed by atoms with Crippen LogP contribution in [-0.2, 0) is 4.79 Å². The molecule has 1 fully saturated rings. The summed E-state index contributed by atoms with van der Waals surface area (Å²) in [4.78, 5) is 11.7. The monoisotopic (exact) mass is 241 g/mol. The first-order valence-electron chi connectivity index (χ1n) is 6.88. The molecule has 0 aromatic heterocycles. The third-order valence-electron chi connectivity index (χ3n) is 3.65. The van der Waals surface area contributed by atoms with E-state index in [0.717, 1.165) is 6.42 Å². The zero-order chi connectivity index (χ0) is 12.7. The van der Waals surface area contributed by atoms with Crippen molar-refractivity contribution in [3.05, 3.63) is 0 Å². The predicted molar refractivity (Wildman–Crippen MR) is 70.4 cm³/mol. The molecular formula is C13H27N3O. The molecule has 0 heterocycles. The van der Waals surface area contributed by atoms with Crippen molar-refractivity contribution < 1.29 is 4.79 Å². The lowest BCUT2D eigenvalue weighted by Gasteiger charge is -2.30. The summed E-state index contributed by atoms with van der Waals surface area (Å²) in [5.41, 5.74) is 11.4. The predicted octanol–water partition coefficient (Wildman–Crippen LogP) is 1.14. The van der Waals surface area contributed by atoms with Gasteiger partial charge in [-0.25, -0.2) is 0 Å². The summed E-state index contributed by atoms with van der Waals surface area (Å²) in [6, 6.07) is 0.252. The minimum atomic E-state index is 0.0896. The smallest absolute Gasteiger partial charge is 0.220 e. The van der Waals surface area contributed by atoms with Crippen LogP contribution < -0.4 is 16.8 Å². The number of hydrogen-bond donors (Lipinski definition) is 3. The highest BCUT2D eigenvalue weighted by atomic mass is 16.1. The minimum Gasteiger partial charge on any atom is -0.352 e. The Kier molecular flexibility index (Phi) is 6.52. The van der Waals surface area contributed by atoms with E-state index in [9.17, 15) is 4.79 Å². The number of carbonyl (C=O) groups is 1. The Labute approximate surface area is 105 Å². The first kappa shape index (κ1) is 14.5. The van der Waals surface area contributed by atoms with Crippen LogP contribution in [0.4, 0.5) is 0 Å². The first-order valence-corrected chi connectivity index (χ1v) is 6.88. The van der Waals surface area contributed by atoms with E-state index in [-0.39, 0.29) is 18.0 Å². The molecule has 2 unspecified atom stereocenters. The molecule has 0 bridgehead atoms. The molecule has 0 aliphatic heterocycles. The van der Waals surface area contributed by atoms with Crippen molar-refractivity contribution in [1.29, 1.82) is 0 Å². The summed E-state index contributed by atoms with van der Waals surface area (Å²) in [5, 5.41) is 3.07. The highest BCUT2D eigenvalue weighted by molar-refractivity contribution is 5.76. The van der Waals surface area contributed by atoms with Crippen molar-refractivity contribution in [3.8, 4) is 0 Å². The zero-order valence-electron chi connectivity index (χ0n) is 11.0. The molecule has 4 heteroatoms. The van der Waals surface area contributed by atoms with Crippen LogP contribution >= 0.6 is 0 Å². The van der Waals surface area contributed by atoms with Gasteiger partial charge in [0.1, 0.15) is 0 Å². The molecule has 2 atom stereocenters. The molecule has 1 saturated carbocycles. The normalized spacial score (nSPS) is 20.9. The summed E-state index contributed by atoms with van der Waals surface area (Å²) < 4.78 is 0. The van der Waals surface area contributed by atoms with E-state index in [2.05, 4.69) is 5.32 Å². The van der Waals surface area contributed by atoms with Crippen LogP contribution in [0.5, 0.6) is 0 Å². The minimum absolute atomic E-state index is 0.0896. The Morgan fingerprint density at radius 3 is 2.53 bits per heavy atom. The highest BCUT2D eigenvalue weighted by Crippen LogP contribution is 2.26. The van der Waals surface area contributed by atoms with Gasteiger partial charge in [0, 0.05) is 25.0 Å². The lowest BCUT2D eigenvalue weighted by molar-refractivity contribution is -0.122. The second-order valence-electron chi connectivity index (χ2n) is 5.32. The lowest BCUT2D eigenvalue weighted by atomic mass is 9.84. The molecule has 100 valence electrons. The average molecular weight is 241 g/mol. The lowest BCUT2D eigenvalue weighted by Crippen LogP contribution is -2.46. The molecule has 0 spiro atoms. The summed E-state index contributed by atoms with van der Waals surface area (Å²) in [6.07, 6.45) is 7.54. The van der Waals surface area contributed by atoms with Gasteiger partial charge in [0.15, 0.2) is 0 Å². The number of amides is 1. The van der Waals surface area contributed by atoms with Crippen LogP contribution in [0, 0.1) is 5.92 Å². The molecular weight excluding hydrogens is 214 g/mol. The number of carbonyl (C=O) groups excluding carboxylic acids is 1. The van der Waals surface area contributed by atoms with Crippen molar-refractivity contribution >= 4 is 5.91 Å². The van der Waals surface area contributed by atoms with Crippen LogP contribution in [0.2, 0.25) is 0 Å². The Balaban J connectivity index is 2.32. The standard InChI is InChI=1S/C13H27N3O/c1-10(15)7-8-13(17)16-12(9-14)11-5-3-2-4-6-11/h10-12H,2-9,14-15H2,1H3,(H,16,17). The molecule has 1 aliphatic carbocycles. The van der Waals surface area contributed by atoms with Gasteiger partial charge in [-0.3, -0.25) is 4.79 Å². The van der Waals surface area contributed by atoms with Crippen molar-refractivity contribution in [1.82, 2.24) is 5.32 Å². The van der Waals surface area contributed by atoms with E-state index in [1.54, 1.807) is 0 Å². The third-order valence-corrected chi connectivity index (χ3v) is 3.65. The molecule has 4 nitrogen and oxygen atoms in total. The maximum atomic E-state index is 11.7. The third kappa shape index (κ3) is 5.50. The van der Waals surface area contributed by atoms with E-state index in [1.165, 1.54) is 32.1 Å². The molecule has 0 saturated heterocycles. The van der Waals surface area contributed by atoms with E-state index in [1.807, 2.05) is 6.92 Å². The second-order valence-corrected chi connectivity index (χ2v) is 5.32. The van der Waals surface area contributed by atoms with E-state index >= 15 is 0 Å². The van der Waals surface area contributed by atoms with Gasteiger partial charge >= 0.3 is 0 Å². The van der Waals surface area contributed by atoms with Gasteiger partial charge in [0.25, 0.3) is 0 Å². The van der Waals surface area contributed by atoms with Gasteiger partial charge in [-0.05, 0) is 32.1 Å². The number of hydrogen-bond acceptors (Lipinski definition) is 3. The highest BCUT2D eigenvalue weighted by Gasteiger charge is 2.23. The van der Waals surface area contributed by atoms with E-state index < -0.39 is 0 Å². The van der Waals surface area contributed by atoms with Crippen LogP contribution in [0.25, 0.3) is 0 Å². The van der Waals surface area contributed by atoms with Crippen molar-refractivity contribution in [2.75, 3.05) is 6.54 Å². The fraction of sp³-hybridized carbons (Fsp3) is 0.923. The van der Waals surface area contributed by atoms with Gasteiger partial charge in [0.05, 0.1) is 0 Å². The van der Waals surface area contributed by atoms with Crippen molar-refractivity contribution in [2.45, 2.75) is 64.0 Å². The quantitative estimate of drug-likeness (QED) is 0.652. The maximum absolute atomic E-state index is 11.7. The topological polar surface area (TPSA) is 81.1 Å². The molecule has 0 radical (unpaired) electrons. The van der Waals surface area contributed by atoms with E-state index in [0.29, 0.717) is 18.9 Å². The summed E-state index contributed by atoms with van der Waals surface area (Å²) >= 11 is 0. The molecule has 1 amide bonds. The molecule has 0 aromatic carbocycles. The van der Waals surface area contributed by atoms with Gasteiger partial charge in [-0.1, -0.05) is 19.3 Å².